The summed E-state index contributed by atoms with van der Waals surface area (Å²) < 4.78 is 0. The van der Waals surface area contributed by atoms with Crippen molar-refractivity contribution in [2.75, 3.05) is 13.6 Å². The molecule has 2 saturated heterocycles. The summed E-state index contributed by atoms with van der Waals surface area (Å²) in [5, 5.41) is 2.48. The Bertz CT molecular complexity index is 792. The number of fused-ring (bicyclic) bond motifs is 1. The van der Waals surface area contributed by atoms with Gasteiger partial charge in [-0.15, -0.1) is 0 Å². The molecule has 0 radical (unpaired) electrons. The summed E-state index contributed by atoms with van der Waals surface area (Å²) in [5.41, 5.74) is 2.33. The normalized spacial score (nSPS) is 28.2. The predicted octanol–water partition coefficient (Wildman–Crippen LogP) is 1.92. The molecule has 144 valence electrons. The van der Waals surface area contributed by atoms with E-state index >= 15 is 0 Å². The summed E-state index contributed by atoms with van der Waals surface area (Å²) in [4.78, 5) is 35.6. The lowest BCUT2D eigenvalue weighted by Gasteiger charge is -2.41. The molecule has 3 aliphatic rings. The van der Waals surface area contributed by atoms with E-state index in [9.17, 15) is 9.59 Å². The number of likely N-dealkylation sites (N-methyl/N-ethyl adjacent to an activating group) is 1. The monoisotopic (exact) mass is 369 g/mol. The average molecular weight is 369 g/mol. The van der Waals surface area contributed by atoms with Crippen LogP contribution in [0.2, 0.25) is 0 Å². The molecule has 2 fully saturated rings. The molecule has 3 heterocycles. The van der Waals surface area contributed by atoms with Gasteiger partial charge < -0.3 is 14.7 Å². The summed E-state index contributed by atoms with van der Waals surface area (Å²) in [6.45, 7) is 5.81. The fourth-order valence-electron chi connectivity index (χ4n) is 4.32. The van der Waals surface area contributed by atoms with Crippen molar-refractivity contribution in [1.82, 2.24) is 20.0 Å². The minimum Gasteiger partial charge on any atom is -0.340 e. The fraction of sp³-hybridized carbons (Fsp3) is 0.550. The second kappa shape index (κ2) is 6.87. The Labute approximate surface area is 160 Å². The topological polar surface area (TPSA) is 68.2 Å². The molecular weight excluding hydrogens is 342 g/mol. The first kappa shape index (κ1) is 17.8. The lowest BCUT2D eigenvalue weighted by atomic mass is 10.0. The maximum atomic E-state index is 12.7. The molecule has 1 aromatic rings. The van der Waals surface area contributed by atoms with Gasteiger partial charge in [0.2, 0.25) is 0 Å². The van der Waals surface area contributed by atoms with Gasteiger partial charge in [-0.2, -0.15) is 0 Å². The number of hydrogen-bond acceptors (Lipinski definition) is 5. The van der Waals surface area contributed by atoms with Crippen LogP contribution in [0.15, 0.2) is 29.3 Å². The van der Waals surface area contributed by atoms with Gasteiger partial charge in [0.15, 0.2) is 18.2 Å². The van der Waals surface area contributed by atoms with Gasteiger partial charge in [0.05, 0.1) is 0 Å². The lowest BCUT2D eigenvalue weighted by Crippen LogP contribution is -2.64. The molecule has 0 bridgehead atoms. The average Bonchev–Trinajstić information content (AvgIpc) is 3.00. The molecule has 1 N–H and O–H groups in total. The van der Waals surface area contributed by atoms with E-state index in [1.807, 2.05) is 6.07 Å². The minimum atomic E-state index is -0.489. The van der Waals surface area contributed by atoms with Gasteiger partial charge in [-0.05, 0) is 38.7 Å². The highest BCUT2D eigenvalue weighted by Gasteiger charge is 2.50. The molecule has 3 atom stereocenters. The highest BCUT2D eigenvalue weighted by Crippen LogP contribution is 2.30. The zero-order valence-corrected chi connectivity index (χ0v) is 16.2. The van der Waals surface area contributed by atoms with Gasteiger partial charge >= 0.3 is 6.03 Å². The van der Waals surface area contributed by atoms with Crippen molar-refractivity contribution in [3.8, 4) is 0 Å². The van der Waals surface area contributed by atoms with Crippen LogP contribution in [0.5, 0.6) is 0 Å². The SMILES string of the molecule is Cc1cccc(CN2C(N3CCCCC3C)=NC3C2C(=O)NC(=O)N3C)c1. The number of hydrogen-bond donors (Lipinski definition) is 1. The molecule has 7 nitrogen and oxygen atoms in total. The van der Waals surface area contributed by atoms with Crippen LogP contribution in [-0.2, 0) is 11.3 Å². The van der Waals surface area contributed by atoms with Gasteiger partial charge in [-0.1, -0.05) is 29.8 Å². The van der Waals surface area contributed by atoms with Crippen molar-refractivity contribution in [2.24, 2.45) is 4.99 Å². The molecular formula is C20H27N5O2. The quantitative estimate of drug-likeness (QED) is 0.865. The number of urea groups is 1. The maximum Gasteiger partial charge on any atom is 0.325 e. The van der Waals surface area contributed by atoms with Crippen LogP contribution in [0.3, 0.4) is 0 Å². The maximum absolute atomic E-state index is 12.7. The molecule has 0 saturated carbocycles. The van der Waals surface area contributed by atoms with Crippen LogP contribution in [0.1, 0.15) is 37.3 Å². The number of nitrogens with one attached hydrogen (secondary N) is 1. The number of carbonyl (C=O) groups is 2. The molecule has 3 amide bonds. The van der Waals surface area contributed by atoms with Gasteiger partial charge in [0, 0.05) is 26.2 Å². The van der Waals surface area contributed by atoms with E-state index in [0.29, 0.717) is 12.6 Å². The van der Waals surface area contributed by atoms with Crippen LogP contribution in [0, 0.1) is 6.92 Å². The lowest BCUT2D eigenvalue weighted by molar-refractivity contribution is -0.127. The number of imide groups is 1. The summed E-state index contributed by atoms with van der Waals surface area (Å²) >= 11 is 0. The molecule has 1 aromatic carbocycles. The predicted molar refractivity (Wildman–Crippen MR) is 103 cm³/mol. The van der Waals surface area contributed by atoms with Crippen LogP contribution >= 0.6 is 0 Å². The zero-order valence-electron chi connectivity index (χ0n) is 16.2. The molecule has 4 rings (SSSR count). The smallest absolute Gasteiger partial charge is 0.325 e. The third kappa shape index (κ3) is 3.15. The van der Waals surface area contributed by atoms with Crippen LogP contribution in [0.4, 0.5) is 4.79 Å². The number of aliphatic imine (C=N–C) groups is 1. The van der Waals surface area contributed by atoms with Crippen molar-refractivity contribution in [3.63, 3.8) is 0 Å². The summed E-state index contributed by atoms with van der Waals surface area (Å²) in [7, 11) is 1.70. The molecule has 3 unspecified atom stereocenters. The standard InChI is InChI=1S/C20H27N5O2/c1-13-7-6-9-15(11-13)12-25-16-17(23(3)20(27)22-18(16)26)21-19(25)24-10-5-4-8-14(24)2/h6-7,9,11,14,16-17H,4-5,8,10,12H2,1-3H3,(H,22,26,27). The summed E-state index contributed by atoms with van der Waals surface area (Å²) in [5.74, 6) is 0.578. The molecule has 0 spiro atoms. The first-order chi connectivity index (χ1) is 13.0. The Balaban J connectivity index is 1.71. The van der Waals surface area contributed by atoms with E-state index < -0.39 is 12.2 Å². The van der Waals surface area contributed by atoms with Crippen molar-refractivity contribution in [1.29, 1.82) is 0 Å². The van der Waals surface area contributed by atoms with E-state index in [4.69, 9.17) is 4.99 Å². The Morgan fingerprint density at radius 1 is 1.26 bits per heavy atom. The van der Waals surface area contributed by atoms with Gasteiger partial charge in [0.1, 0.15) is 0 Å². The number of guanidine groups is 1. The Morgan fingerprint density at radius 2 is 2.07 bits per heavy atom. The molecule has 3 aliphatic heterocycles. The van der Waals surface area contributed by atoms with Crippen LogP contribution < -0.4 is 5.32 Å². The fourth-order valence-corrected chi connectivity index (χ4v) is 4.32. The van der Waals surface area contributed by atoms with Crippen molar-refractivity contribution in [2.45, 2.75) is 57.9 Å². The van der Waals surface area contributed by atoms with E-state index in [2.05, 4.69) is 47.2 Å². The first-order valence-corrected chi connectivity index (χ1v) is 9.70. The number of amides is 3. The number of nitrogens with zero attached hydrogens (tertiary/aromatic N) is 4. The summed E-state index contributed by atoms with van der Waals surface area (Å²) in [6, 6.07) is 7.83. The summed E-state index contributed by atoms with van der Waals surface area (Å²) in [6.07, 6.45) is 2.99. The number of piperidine rings is 1. The first-order valence-electron chi connectivity index (χ1n) is 9.70. The Kier molecular flexibility index (Phi) is 4.53. The highest BCUT2D eigenvalue weighted by atomic mass is 16.2. The van der Waals surface area contributed by atoms with Crippen LogP contribution in [0.25, 0.3) is 0 Å². The second-order valence-electron chi connectivity index (χ2n) is 7.85. The number of rotatable bonds is 2. The third-order valence-electron chi connectivity index (χ3n) is 5.83. The van der Waals surface area contributed by atoms with E-state index in [0.717, 1.165) is 30.9 Å². The molecule has 27 heavy (non-hydrogen) atoms. The number of carbonyl (C=O) groups excluding carboxylic acids is 2. The minimum absolute atomic E-state index is 0.265. The van der Waals surface area contributed by atoms with Gasteiger partial charge in [-0.25, -0.2) is 9.79 Å². The second-order valence-corrected chi connectivity index (χ2v) is 7.85. The van der Waals surface area contributed by atoms with E-state index in [1.54, 1.807) is 7.05 Å². The van der Waals surface area contributed by atoms with Crippen molar-refractivity contribution < 1.29 is 9.59 Å². The number of likely N-dealkylation sites (tertiary alicyclic amines) is 1. The Hall–Kier alpha value is -2.57. The molecule has 0 aromatic heterocycles. The highest BCUT2D eigenvalue weighted by molar-refractivity contribution is 6.03. The number of aryl methyl sites for hydroxylation is 1. The van der Waals surface area contributed by atoms with Gasteiger partial charge in [-0.3, -0.25) is 10.1 Å². The Morgan fingerprint density at radius 3 is 2.81 bits per heavy atom. The largest absolute Gasteiger partial charge is 0.340 e. The number of benzene rings is 1. The molecule has 0 aliphatic carbocycles. The van der Waals surface area contributed by atoms with Crippen molar-refractivity contribution in [3.05, 3.63) is 35.4 Å². The molecule has 7 heteroatoms. The van der Waals surface area contributed by atoms with Crippen LogP contribution in [-0.4, -0.2) is 64.4 Å². The van der Waals surface area contributed by atoms with Crippen molar-refractivity contribution >= 4 is 17.9 Å². The zero-order chi connectivity index (χ0) is 19.1. The van der Waals surface area contributed by atoms with Gasteiger partial charge in [0.25, 0.3) is 5.91 Å². The van der Waals surface area contributed by atoms with E-state index in [1.165, 1.54) is 16.9 Å². The van der Waals surface area contributed by atoms with E-state index in [-0.39, 0.29) is 11.9 Å². The third-order valence-corrected chi connectivity index (χ3v) is 5.83.